The molecule has 0 bridgehead atoms. The van der Waals surface area contributed by atoms with Crippen LogP contribution in [-0.2, 0) is 4.74 Å². The second-order valence-electron chi connectivity index (χ2n) is 4.60. The second kappa shape index (κ2) is 7.26. The van der Waals surface area contributed by atoms with Gasteiger partial charge in [0.1, 0.15) is 17.7 Å². The maximum Gasteiger partial charge on any atom is 0.128 e. The number of benzene rings is 2. The Balaban J connectivity index is 2.43. The molecule has 0 aliphatic rings. The van der Waals surface area contributed by atoms with E-state index in [2.05, 4.69) is 5.43 Å². The maximum absolute atomic E-state index is 14.0. The Bertz CT molecular complexity index is 578. The van der Waals surface area contributed by atoms with E-state index in [4.69, 9.17) is 10.6 Å². The lowest BCUT2D eigenvalue weighted by molar-refractivity contribution is 0.0316. The minimum Gasteiger partial charge on any atom is -0.372 e. The van der Waals surface area contributed by atoms with Crippen LogP contribution in [-0.4, -0.2) is 6.61 Å². The maximum atomic E-state index is 14.0. The van der Waals surface area contributed by atoms with Crippen molar-refractivity contribution in [2.75, 3.05) is 6.61 Å². The molecule has 0 aliphatic carbocycles. The Labute approximate surface area is 122 Å². The summed E-state index contributed by atoms with van der Waals surface area (Å²) in [6.07, 6.45) is -0.516. The largest absolute Gasteiger partial charge is 0.372 e. The highest BCUT2D eigenvalue weighted by Crippen LogP contribution is 2.33. The van der Waals surface area contributed by atoms with Crippen molar-refractivity contribution in [3.8, 4) is 0 Å². The summed E-state index contributed by atoms with van der Waals surface area (Å²) in [6.45, 7) is 2.26. The van der Waals surface area contributed by atoms with Gasteiger partial charge >= 0.3 is 0 Å². The minimum atomic E-state index is -0.692. The zero-order valence-electron chi connectivity index (χ0n) is 11.7. The average Bonchev–Trinajstić information content (AvgIpc) is 2.51. The van der Waals surface area contributed by atoms with Gasteiger partial charge in [-0.3, -0.25) is 5.84 Å². The highest BCUT2D eigenvalue weighted by Gasteiger charge is 2.27. The molecule has 0 saturated carbocycles. The van der Waals surface area contributed by atoms with Crippen LogP contribution in [0.3, 0.4) is 0 Å². The van der Waals surface area contributed by atoms with E-state index in [0.717, 1.165) is 23.8 Å². The number of ether oxygens (including phenoxy) is 1. The first-order valence-electron chi connectivity index (χ1n) is 6.75. The molecular weight excluding hydrogens is 274 g/mol. The van der Waals surface area contributed by atoms with Gasteiger partial charge in [0, 0.05) is 12.2 Å². The lowest BCUT2D eigenvalue weighted by Gasteiger charge is -2.27. The van der Waals surface area contributed by atoms with E-state index in [0.29, 0.717) is 6.61 Å². The third-order valence-corrected chi connectivity index (χ3v) is 3.25. The topological polar surface area (TPSA) is 47.3 Å². The molecule has 0 aromatic heterocycles. The highest BCUT2D eigenvalue weighted by atomic mass is 19.1. The van der Waals surface area contributed by atoms with E-state index >= 15 is 0 Å². The first-order chi connectivity index (χ1) is 10.2. The number of nitrogens with one attached hydrogen (secondary N) is 1. The summed E-state index contributed by atoms with van der Waals surface area (Å²) in [5, 5.41) is 0. The van der Waals surface area contributed by atoms with Crippen molar-refractivity contribution in [2.24, 2.45) is 5.84 Å². The number of hydrogen-bond acceptors (Lipinski definition) is 3. The van der Waals surface area contributed by atoms with Crippen LogP contribution >= 0.6 is 0 Å². The molecule has 21 heavy (non-hydrogen) atoms. The monoisotopic (exact) mass is 292 g/mol. The summed E-state index contributed by atoms with van der Waals surface area (Å²) in [5.74, 6) is 4.53. The molecule has 0 fully saturated rings. The number of hydrazine groups is 1. The number of halogens is 2. The normalized spacial score (nSPS) is 13.9. The molecule has 3 N–H and O–H groups in total. The molecule has 3 nitrogen and oxygen atoms in total. The Morgan fingerprint density at radius 1 is 1.14 bits per heavy atom. The quantitative estimate of drug-likeness (QED) is 0.634. The molecule has 0 heterocycles. The zero-order chi connectivity index (χ0) is 15.2. The fourth-order valence-corrected chi connectivity index (χ4v) is 2.30. The lowest BCUT2D eigenvalue weighted by atomic mass is 9.95. The van der Waals surface area contributed by atoms with Crippen molar-refractivity contribution < 1.29 is 13.5 Å². The summed E-state index contributed by atoms with van der Waals surface area (Å²) in [7, 11) is 0. The van der Waals surface area contributed by atoms with Crippen LogP contribution in [0.1, 0.15) is 30.2 Å². The molecule has 0 radical (unpaired) electrons. The molecule has 2 rings (SSSR count). The molecule has 2 atom stereocenters. The smallest absolute Gasteiger partial charge is 0.128 e. The predicted octanol–water partition coefficient (Wildman–Crippen LogP) is 3.25. The van der Waals surface area contributed by atoms with E-state index in [1.54, 1.807) is 0 Å². The van der Waals surface area contributed by atoms with Crippen LogP contribution < -0.4 is 11.3 Å². The van der Waals surface area contributed by atoms with Gasteiger partial charge in [-0.15, -0.1) is 0 Å². The van der Waals surface area contributed by atoms with Crippen molar-refractivity contribution in [3.05, 3.63) is 71.3 Å². The summed E-state index contributed by atoms with van der Waals surface area (Å²) < 4.78 is 33.1. The summed E-state index contributed by atoms with van der Waals surface area (Å²) >= 11 is 0. The zero-order valence-corrected chi connectivity index (χ0v) is 11.7. The van der Waals surface area contributed by atoms with Crippen molar-refractivity contribution in [1.29, 1.82) is 0 Å². The van der Waals surface area contributed by atoms with Crippen molar-refractivity contribution in [2.45, 2.75) is 19.1 Å². The van der Waals surface area contributed by atoms with Crippen LogP contribution in [0.25, 0.3) is 0 Å². The van der Waals surface area contributed by atoms with Crippen LogP contribution in [0.2, 0.25) is 0 Å². The molecule has 0 amide bonds. The molecule has 2 aromatic carbocycles. The van der Waals surface area contributed by atoms with Crippen LogP contribution in [0.5, 0.6) is 0 Å². The molecule has 0 spiro atoms. The molecule has 2 aromatic rings. The van der Waals surface area contributed by atoms with Crippen LogP contribution in [0.4, 0.5) is 8.78 Å². The number of nitrogens with two attached hydrogens (primary N) is 1. The third kappa shape index (κ3) is 3.64. The number of hydrogen-bond donors (Lipinski definition) is 2. The van der Waals surface area contributed by atoms with Gasteiger partial charge in [0.05, 0.1) is 6.04 Å². The molecular formula is C16H18F2N2O. The Hall–Kier alpha value is -1.82. The number of rotatable bonds is 6. The fraction of sp³-hybridized carbons (Fsp3) is 0.250. The standard InChI is InChI=1S/C16H18F2N2O/c1-2-21-16(11-6-4-3-5-7-11)15(20-19)13-10-12(17)8-9-14(13)18/h3-10,15-16,20H,2,19H2,1H3. The highest BCUT2D eigenvalue weighted by molar-refractivity contribution is 5.28. The lowest BCUT2D eigenvalue weighted by Crippen LogP contribution is -2.34. The van der Waals surface area contributed by atoms with Gasteiger partial charge in [-0.1, -0.05) is 30.3 Å². The fourth-order valence-electron chi connectivity index (χ4n) is 2.30. The first kappa shape index (κ1) is 15.6. The molecule has 112 valence electrons. The van der Waals surface area contributed by atoms with E-state index in [-0.39, 0.29) is 5.56 Å². The summed E-state index contributed by atoms with van der Waals surface area (Å²) in [5.41, 5.74) is 3.52. The van der Waals surface area contributed by atoms with Gasteiger partial charge in [-0.2, -0.15) is 0 Å². The molecule has 0 saturated heterocycles. The third-order valence-electron chi connectivity index (χ3n) is 3.25. The van der Waals surface area contributed by atoms with Gasteiger partial charge in [0.2, 0.25) is 0 Å². The van der Waals surface area contributed by atoms with Gasteiger partial charge in [-0.25, -0.2) is 14.2 Å². The second-order valence-corrected chi connectivity index (χ2v) is 4.60. The van der Waals surface area contributed by atoms with E-state index < -0.39 is 23.8 Å². The summed E-state index contributed by atoms with van der Waals surface area (Å²) in [6, 6.07) is 11.9. The molecule has 0 aliphatic heterocycles. The van der Waals surface area contributed by atoms with Crippen molar-refractivity contribution in [1.82, 2.24) is 5.43 Å². The minimum absolute atomic E-state index is 0.139. The first-order valence-corrected chi connectivity index (χ1v) is 6.75. The van der Waals surface area contributed by atoms with Crippen molar-refractivity contribution in [3.63, 3.8) is 0 Å². The van der Waals surface area contributed by atoms with Crippen LogP contribution in [0, 0.1) is 11.6 Å². The Morgan fingerprint density at radius 2 is 1.86 bits per heavy atom. The van der Waals surface area contributed by atoms with Crippen molar-refractivity contribution >= 4 is 0 Å². The molecule has 5 heteroatoms. The van der Waals surface area contributed by atoms with E-state index in [1.165, 1.54) is 0 Å². The van der Waals surface area contributed by atoms with E-state index in [9.17, 15) is 8.78 Å². The van der Waals surface area contributed by atoms with Gasteiger partial charge < -0.3 is 4.74 Å². The SMILES string of the molecule is CCOC(c1ccccc1)C(NN)c1cc(F)ccc1F. The van der Waals surface area contributed by atoms with Crippen LogP contribution in [0.15, 0.2) is 48.5 Å². The average molecular weight is 292 g/mol. The van der Waals surface area contributed by atoms with Gasteiger partial charge in [-0.05, 0) is 30.7 Å². The Morgan fingerprint density at radius 3 is 2.48 bits per heavy atom. The predicted molar refractivity (Wildman–Crippen MR) is 77.2 cm³/mol. The molecule has 2 unspecified atom stereocenters. The Kier molecular flexibility index (Phi) is 5.38. The van der Waals surface area contributed by atoms with E-state index in [1.807, 2.05) is 37.3 Å². The van der Waals surface area contributed by atoms with Gasteiger partial charge in [0.15, 0.2) is 0 Å². The van der Waals surface area contributed by atoms with Gasteiger partial charge in [0.25, 0.3) is 0 Å². The summed E-state index contributed by atoms with van der Waals surface area (Å²) in [4.78, 5) is 0.